The number of aliphatic carboxylic acids is 1. The van der Waals surface area contributed by atoms with Gasteiger partial charge in [-0.2, -0.15) is 0 Å². The summed E-state index contributed by atoms with van der Waals surface area (Å²) in [5.41, 5.74) is 1.27. The Bertz CT molecular complexity index is 894. The number of unbranched alkanes of at least 4 members (excludes halogenated alkanes) is 5. The van der Waals surface area contributed by atoms with Crippen LogP contribution in [0.4, 0.5) is 0 Å². The van der Waals surface area contributed by atoms with Gasteiger partial charge in [0.15, 0.2) is 0 Å². The monoisotopic (exact) mass is 446 g/mol. The Labute approximate surface area is 184 Å². The molecule has 0 amide bonds. The molecule has 1 unspecified atom stereocenters. The molecule has 1 atom stereocenters. The molecule has 2 aromatic rings. The largest absolute Gasteiger partial charge is 0.489 e. The van der Waals surface area contributed by atoms with Gasteiger partial charge < -0.3 is 19.3 Å². The van der Waals surface area contributed by atoms with Crippen molar-refractivity contribution >= 4 is 24.9 Å². The quantitative estimate of drug-likeness (QED) is 0.224. The van der Waals surface area contributed by atoms with E-state index in [9.17, 15) is 14.3 Å². The summed E-state index contributed by atoms with van der Waals surface area (Å²) in [7, 11) is -4.15. The van der Waals surface area contributed by atoms with Crippen LogP contribution in [0, 0.1) is 0 Å². The van der Waals surface area contributed by atoms with Crippen molar-refractivity contribution in [3.63, 3.8) is 0 Å². The fourth-order valence-corrected chi connectivity index (χ4v) is 4.32. The van der Waals surface area contributed by atoms with Crippen LogP contribution in [0.1, 0.15) is 56.6 Å². The lowest BCUT2D eigenvalue weighted by molar-refractivity contribution is -0.131. The highest BCUT2D eigenvalue weighted by Crippen LogP contribution is 2.43. The number of hydrogen-bond donors (Lipinski definition) is 2. The van der Waals surface area contributed by atoms with Crippen LogP contribution in [0.5, 0.6) is 5.75 Å². The number of carboxylic acid groups (broad SMARTS) is 1. The van der Waals surface area contributed by atoms with Gasteiger partial charge >= 0.3 is 13.6 Å². The fraction of sp³-hybridized carbons (Fsp3) is 0.375. The number of carboxylic acids is 1. The molecule has 0 fully saturated rings. The number of benzene rings is 2. The number of carbonyl (C=O) groups is 1. The first kappa shape index (κ1) is 24.9. The van der Waals surface area contributed by atoms with Crippen LogP contribution < -0.4 is 10.0 Å². The van der Waals surface area contributed by atoms with E-state index >= 15 is 0 Å². The maximum Gasteiger partial charge on any atom is 0.359 e. The summed E-state index contributed by atoms with van der Waals surface area (Å²) in [6, 6.07) is 14.2. The van der Waals surface area contributed by atoms with Gasteiger partial charge in [0.1, 0.15) is 12.4 Å². The molecule has 2 rings (SSSR count). The molecule has 2 N–H and O–H groups in total. The fourth-order valence-electron chi connectivity index (χ4n) is 3.04. The first-order chi connectivity index (χ1) is 14.9. The molecule has 0 aliphatic carbocycles. The van der Waals surface area contributed by atoms with E-state index in [0.29, 0.717) is 24.3 Å². The van der Waals surface area contributed by atoms with Gasteiger partial charge in [-0.25, -0.2) is 4.79 Å². The standard InChI is InChI=1S/C24H31O6P/c1-2-3-4-5-6-10-17-30-31(27,28)23-18-22(15-13-21(23)14-16-24(25)26)29-19-20-11-8-7-9-12-20/h7-9,11-16,18H,2-6,10,17,19H2,1H3,(H,25,26)(H,27,28)/b16-14+. The molecule has 31 heavy (non-hydrogen) atoms. The van der Waals surface area contributed by atoms with Crippen LogP contribution in [0.2, 0.25) is 0 Å². The molecule has 6 nitrogen and oxygen atoms in total. The van der Waals surface area contributed by atoms with E-state index in [4.69, 9.17) is 14.4 Å². The van der Waals surface area contributed by atoms with E-state index in [2.05, 4.69) is 6.92 Å². The average Bonchev–Trinajstić information content (AvgIpc) is 2.76. The lowest BCUT2D eigenvalue weighted by atomic mass is 10.1. The van der Waals surface area contributed by atoms with E-state index in [-0.39, 0.29) is 11.9 Å². The van der Waals surface area contributed by atoms with Crippen LogP contribution >= 0.6 is 7.60 Å². The number of hydrogen-bond acceptors (Lipinski definition) is 4. The highest BCUT2D eigenvalue weighted by molar-refractivity contribution is 7.61. The Balaban J connectivity index is 2.10. The Morgan fingerprint density at radius 3 is 2.45 bits per heavy atom. The second kappa shape index (κ2) is 13.1. The third-order valence-corrected chi connectivity index (χ3v) is 6.25. The van der Waals surface area contributed by atoms with Gasteiger partial charge in [0.2, 0.25) is 0 Å². The summed E-state index contributed by atoms with van der Waals surface area (Å²) in [6.07, 6.45) is 8.42. The third-order valence-electron chi connectivity index (χ3n) is 4.72. The Morgan fingerprint density at radius 1 is 1.03 bits per heavy atom. The molecule has 0 heterocycles. The molecule has 0 aromatic heterocycles. The molecule has 0 spiro atoms. The van der Waals surface area contributed by atoms with Crippen molar-refractivity contribution in [2.24, 2.45) is 0 Å². The van der Waals surface area contributed by atoms with Crippen LogP contribution in [0.25, 0.3) is 6.08 Å². The Hall–Kier alpha value is -2.40. The first-order valence-corrected chi connectivity index (χ1v) is 12.2. The van der Waals surface area contributed by atoms with Crippen LogP contribution in [0.15, 0.2) is 54.6 Å². The SMILES string of the molecule is CCCCCCCCOP(=O)(O)c1cc(OCc2ccccc2)ccc1/C=C/C(=O)O. The van der Waals surface area contributed by atoms with Crippen molar-refractivity contribution < 1.29 is 28.6 Å². The van der Waals surface area contributed by atoms with Gasteiger partial charge in [-0.3, -0.25) is 4.57 Å². The predicted molar refractivity (Wildman–Crippen MR) is 123 cm³/mol. The maximum absolute atomic E-state index is 12.9. The van der Waals surface area contributed by atoms with E-state index < -0.39 is 13.6 Å². The summed E-state index contributed by atoms with van der Waals surface area (Å²) in [5.74, 6) is -0.736. The van der Waals surface area contributed by atoms with Gasteiger partial charge in [0.25, 0.3) is 0 Å². The van der Waals surface area contributed by atoms with Crippen molar-refractivity contribution in [3.05, 3.63) is 65.7 Å². The Morgan fingerprint density at radius 2 is 1.74 bits per heavy atom. The zero-order valence-electron chi connectivity index (χ0n) is 17.9. The van der Waals surface area contributed by atoms with E-state index in [0.717, 1.165) is 37.3 Å². The van der Waals surface area contributed by atoms with Crippen molar-refractivity contribution in [2.75, 3.05) is 6.61 Å². The highest BCUT2D eigenvalue weighted by atomic mass is 31.2. The molecule has 0 radical (unpaired) electrons. The number of rotatable bonds is 14. The van der Waals surface area contributed by atoms with Gasteiger partial charge in [0.05, 0.1) is 11.9 Å². The summed E-state index contributed by atoms with van der Waals surface area (Å²) < 4.78 is 24.1. The topological polar surface area (TPSA) is 93.1 Å². The smallest absolute Gasteiger partial charge is 0.359 e. The molecule has 0 saturated heterocycles. The van der Waals surface area contributed by atoms with Crippen molar-refractivity contribution in [3.8, 4) is 5.75 Å². The minimum atomic E-state index is -4.15. The summed E-state index contributed by atoms with van der Waals surface area (Å²) in [5, 5.41) is 8.95. The van der Waals surface area contributed by atoms with Gasteiger partial charge in [0, 0.05) is 6.08 Å². The van der Waals surface area contributed by atoms with Crippen molar-refractivity contribution in [2.45, 2.75) is 52.1 Å². The second-order valence-corrected chi connectivity index (χ2v) is 9.07. The second-order valence-electron chi connectivity index (χ2n) is 7.29. The molecule has 0 aliphatic heterocycles. The lowest BCUT2D eigenvalue weighted by Gasteiger charge is -2.16. The lowest BCUT2D eigenvalue weighted by Crippen LogP contribution is -2.13. The summed E-state index contributed by atoms with van der Waals surface area (Å²) in [6.45, 7) is 2.62. The third kappa shape index (κ3) is 9.09. The molecule has 7 heteroatoms. The molecular weight excluding hydrogens is 415 g/mol. The van der Waals surface area contributed by atoms with E-state index in [1.54, 1.807) is 12.1 Å². The van der Waals surface area contributed by atoms with Crippen LogP contribution in [-0.2, 0) is 20.5 Å². The van der Waals surface area contributed by atoms with E-state index in [1.165, 1.54) is 18.6 Å². The van der Waals surface area contributed by atoms with Crippen LogP contribution in [0.3, 0.4) is 0 Å². The Kier molecular flexibility index (Phi) is 10.5. The van der Waals surface area contributed by atoms with E-state index in [1.807, 2.05) is 30.3 Å². The van der Waals surface area contributed by atoms with Crippen molar-refractivity contribution in [1.29, 1.82) is 0 Å². The minimum Gasteiger partial charge on any atom is -0.489 e. The zero-order chi connectivity index (χ0) is 22.5. The maximum atomic E-state index is 12.9. The molecule has 0 saturated carbocycles. The molecule has 2 aromatic carbocycles. The predicted octanol–water partition coefficient (Wildman–Crippen LogP) is 5.55. The van der Waals surface area contributed by atoms with Gasteiger partial charge in [-0.05, 0) is 35.8 Å². The summed E-state index contributed by atoms with van der Waals surface area (Å²) >= 11 is 0. The normalized spacial score (nSPS) is 13.2. The number of ether oxygens (including phenoxy) is 1. The summed E-state index contributed by atoms with van der Waals surface area (Å²) in [4.78, 5) is 21.5. The molecule has 168 valence electrons. The minimum absolute atomic E-state index is 0.0292. The highest BCUT2D eigenvalue weighted by Gasteiger charge is 2.26. The van der Waals surface area contributed by atoms with Crippen LogP contribution in [-0.4, -0.2) is 22.6 Å². The molecular formula is C24H31O6P. The van der Waals surface area contributed by atoms with Gasteiger partial charge in [-0.15, -0.1) is 0 Å². The van der Waals surface area contributed by atoms with Gasteiger partial charge in [-0.1, -0.05) is 75.4 Å². The zero-order valence-corrected chi connectivity index (χ0v) is 18.8. The molecule has 0 bridgehead atoms. The first-order valence-electron chi connectivity index (χ1n) is 10.6. The van der Waals surface area contributed by atoms with Crippen molar-refractivity contribution in [1.82, 2.24) is 0 Å². The molecule has 0 aliphatic rings. The average molecular weight is 446 g/mol.